The number of aryl methyl sites for hydroxylation is 2. The molecule has 22 heavy (non-hydrogen) atoms. The van der Waals surface area contributed by atoms with Gasteiger partial charge >= 0.3 is 0 Å². The highest BCUT2D eigenvalue weighted by Crippen LogP contribution is 2.38. The van der Waals surface area contributed by atoms with Gasteiger partial charge in [0.15, 0.2) is 5.03 Å². The summed E-state index contributed by atoms with van der Waals surface area (Å²) >= 11 is 0. The molecule has 6 heteroatoms. The molecule has 1 aromatic carbocycles. The van der Waals surface area contributed by atoms with Crippen LogP contribution in [0.4, 0.5) is 0 Å². The SMILES string of the molecule is Cc1cccc(C2CCCN2S(=O)(=O)c2ccnn2C)c1C. The van der Waals surface area contributed by atoms with E-state index < -0.39 is 10.0 Å². The van der Waals surface area contributed by atoms with Crippen LogP contribution in [0.5, 0.6) is 0 Å². The lowest BCUT2D eigenvalue weighted by Crippen LogP contribution is -2.32. The smallest absolute Gasteiger partial charge is 0.256 e. The molecular weight excluding hydrogens is 298 g/mol. The van der Waals surface area contributed by atoms with Gasteiger partial charge in [-0.05, 0) is 49.4 Å². The monoisotopic (exact) mass is 319 g/mol. The van der Waals surface area contributed by atoms with Crippen molar-refractivity contribution < 1.29 is 8.42 Å². The van der Waals surface area contributed by atoms with Crippen LogP contribution >= 0.6 is 0 Å². The zero-order valence-corrected chi connectivity index (χ0v) is 14.0. The Bertz CT molecular complexity index is 795. The van der Waals surface area contributed by atoms with Gasteiger partial charge in [-0.25, -0.2) is 8.42 Å². The fourth-order valence-corrected chi connectivity index (χ4v) is 4.99. The molecule has 0 amide bonds. The van der Waals surface area contributed by atoms with E-state index in [1.54, 1.807) is 17.4 Å². The Labute approximate surface area is 131 Å². The number of hydrogen-bond acceptors (Lipinski definition) is 3. The van der Waals surface area contributed by atoms with E-state index in [0.29, 0.717) is 6.54 Å². The molecule has 0 spiro atoms. The Morgan fingerprint density at radius 1 is 1.23 bits per heavy atom. The van der Waals surface area contributed by atoms with Crippen LogP contribution in [-0.4, -0.2) is 29.0 Å². The Morgan fingerprint density at radius 3 is 2.68 bits per heavy atom. The van der Waals surface area contributed by atoms with E-state index in [9.17, 15) is 8.42 Å². The fourth-order valence-electron chi connectivity index (χ4n) is 3.21. The van der Waals surface area contributed by atoms with Crippen molar-refractivity contribution in [2.24, 2.45) is 7.05 Å². The standard InChI is InChI=1S/C16H21N3O2S/c1-12-6-4-7-14(13(12)2)15-8-5-11-19(15)22(20,21)16-9-10-17-18(16)3/h4,6-7,9-10,15H,5,8,11H2,1-3H3. The molecule has 0 bridgehead atoms. The van der Waals surface area contributed by atoms with Gasteiger partial charge in [-0.1, -0.05) is 18.2 Å². The molecule has 1 fully saturated rings. The molecule has 118 valence electrons. The summed E-state index contributed by atoms with van der Waals surface area (Å²) in [5.74, 6) is 0. The van der Waals surface area contributed by atoms with Crippen molar-refractivity contribution in [2.45, 2.75) is 37.8 Å². The Hall–Kier alpha value is -1.66. The molecule has 1 saturated heterocycles. The molecule has 0 aliphatic carbocycles. The van der Waals surface area contributed by atoms with E-state index >= 15 is 0 Å². The molecule has 1 aliphatic rings. The van der Waals surface area contributed by atoms with Gasteiger partial charge in [-0.15, -0.1) is 0 Å². The summed E-state index contributed by atoms with van der Waals surface area (Å²) in [6.45, 7) is 4.69. The zero-order chi connectivity index (χ0) is 15.9. The topological polar surface area (TPSA) is 55.2 Å². The molecule has 1 aromatic heterocycles. The van der Waals surface area contributed by atoms with Crippen molar-refractivity contribution in [3.05, 3.63) is 47.2 Å². The second-order valence-electron chi connectivity index (χ2n) is 5.86. The van der Waals surface area contributed by atoms with Crippen LogP contribution in [-0.2, 0) is 17.1 Å². The first-order valence-electron chi connectivity index (χ1n) is 7.49. The summed E-state index contributed by atoms with van der Waals surface area (Å²) in [6, 6.07) is 7.59. The van der Waals surface area contributed by atoms with Crippen molar-refractivity contribution >= 4 is 10.0 Å². The van der Waals surface area contributed by atoms with Crippen LogP contribution in [0.15, 0.2) is 35.5 Å². The lowest BCUT2D eigenvalue weighted by atomic mass is 9.97. The number of hydrogen-bond donors (Lipinski definition) is 0. The third-order valence-electron chi connectivity index (χ3n) is 4.56. The highest BCUT2D eigenvalue weighted by molar-refractivity contribution is 7.89. The highest BCUT2D eigenvalue weighted by atomic mass is 32.2. The van der Waals surface area contributed by atoms with Gasteiger partial charge in [-0.3, -0.25) is 4.68 Å². The summed E-state index contributed by atoms with van der Waals surface area (Å²) < 4.78 is 29.0. The minimum atomic E-state index is -3.52. The van der Waals surface area contributed by atoms with Gasteiger partial charge < -0.3 is 0 Å². The Morgan fingerprint density at radius 2 is 2.00 bits per heavy atom. The quantitative estimate of drug-likeness (QED) is 0.873. The number of sulfonamides is 1. The van der Waals surface area contributed by atoms with Crippen molar-refractivity contribution in [2.75, 3.05) is 6.54 Å². The summed E-state index contributed by atoms with van der Waals surface area (Å²) in [5, 5.41) is 4.25. The van der Waals surface area contributed by atoms with Gasteiger partial charge in [-0.2, -0.15) is 9.40 Å². The van der Waals surface area contributed by atoms with Crippen LogP contribution in [0.1, 0.15) is 35.6 Å². The van der Waals surface area contributed by atoms with Crippen LogP contribution in [0.3, 0.4) is 0 Å². The third kappa shape index (κ3) is 2.36. The van der Waals surface area contributed by atoms with E-state index in [1.165, 1.54) is 22.0 Å². The van der Waals surface area contributed by atoms with Crippen molar-refractivity contribution in [3.8, 4) is 0 Å². The average molecular weight is 319 g/mol. The second-order valence-corrected chi connectivity index (χ2v) is 7.69. The van der Waals surface area contributed by atoms with E-state index in [2.05, 4.69) is 25.0 Å². The van der Waals surface area contributed by atoms with Crippen molar-refractivity contribution in [1.82, 2.24) is 14.1 Å². The molecule has 2 aromatic rings. The normalized spacial score (nSPS) is 19.7. The van der Waals surface area contributed by atoms with Gasteiger partial charge in [0, 0.05) is 13.6 Å². The first kappa shape index (κ1) is 15.2. The lowest BCUT2D eigenvalue weighted by Gasteiger charge is -2.26. The molecule has 1 atom stereocenters. The Balaban J connectivity index is 2.04. The number of nitrogens with zero attached hydrogens (tertiary/aromatic N) is 3. The number of aromatic nitrogens is 2. The number of rotatable bonds is 3. The summed E-state index contributed by atoms with van der Waals surface area (Å²) in [5.41, 5.74) is 3.49. The average Bonchev–Trinajstić information content (AvgIpc) is 3.11. The predicted octanol–water partition coefficient (Wildman–Crippen LogP) is 2.56. The largest absolute Gasteiger partial charge is 0.260 e. The van der Waals surface area contributed by atoms with Gasteiger partial charge in [0.2, 0.25) is 0 Å². The molecule has 0 radical (unpaired) electrons. The van der Waals surface area contributed by atoms with Crippen LogP contribution in [0, 0.1) is 13.8 Å². The zero-order valence-electron chi connectivity index (χ0n) is 13.2. The second kappa shape index (κ2) is 5.52. The molecule has 1 unspecified atom stereocenters. The molecule has 5 nitrogen and oxygen atoms in total. The maximum atomic E-state index is 13.0. The lowest BCUT2D eigenvalue weighted by molar-refractivity contribution is 0.390. The van der Waals surface area contributed by atoms with E-state index in [4.69, 9.17) is 0 Å². The van der Waals surface area contributed by atoms with Crippen LogP contribution in [0.25, 0.3) is 0 Å². The molecule has 3 rings (SSSR count). The van der Waals surface area contributed by atoms with Crippen molar-refractivity contribution in [1.29, 1.82) is 0 Å². The van der Waals surface area contributed by atoms with Gasteiger partial charge in [0.25, 0.3) is 10.0 Å². The number of benzene rings is 1. The van der Waals surface area contributed by atoms with E-state index in [-0.39, 0.29) is 11.1 Å². The summed E-state index contributed by atoms with van der Waals surface area (Å²) in [6.07, 6.45) is 3.27. The molecule has 0 saturated carbocycles. The van der Waals surface area contributed by atoms with Gasteiger partial charge in [0.05, 0.1) is 12.2 Å². The van der Waals surface area contributed by atoms with Crippen LogP contribution in [0.2, 0.25) is 0 Å². The minimum absolute atomic E-state index is 0.0835. The minimum Gasteiger partial charge on any atom is -0.256 e. The first-order chi connectivity index (χ1) is 10.4. The molecule has 0 N–H and O–H groups in total. The third-order valence-corrected chi connectivity index (χ3v) is 6.54. The molecular formula is C16H21N3O2S. The van der Waals surface area contributed by atoms with E-state index in [1.807, 2.05) is 12.1 Å². The van der Waals surface area contributed by atoms with Crippen molar-refractivity contribution in [3.63, 3.8) is 0 Å². The first-order valence-corrected chi connectivity index (χ1v) is 8.93. The van der Waals surface area contributed by atoms with Crippen LogP contribution < -0.4 is 0 Å². The maximum absolute atomic E-state index is 13.0. The maximum Gasteiger partial charge on any atom is 0.260 e. The molecule has 1 aliphatic heterocycles. The molecule has 2 heterocycles. The Kier molecular flexibility index (Phi) is 3.82. The fraction of sp³-hybridized carbons (Fsp3) is 0.438. The van der Waals surface area contributed by atoms with Gasteiger partial charge in [0.1, 0.15) is 0 Å². The summed E-state index contributed by atoms with van der Waals surface area (Å²) in [4.78, 5) is 0. The summed E-state index contributed by atoms with van der Waals surface area (Å²) in [7, 11) is -1.86. The predicted molar refractivity (Wildman–Crippen MR) is 85.0 cm³/mol. The highest BCUT2D eigenvalue weighted by Gasteiger charge is 2.38. The van der Waals surface area contributed by atoms with E-state index in [0.717, 1.165) is 18.4 Å².